The number of anilines is 1. The summed E-state index contributed by atoms with van der Waals surface area (Å²) in [5.41, 5.74) is 0.994. The molecule has 0 fully saturated rings. The van der Waals surface area contributed by atoms with Crippen molar-refractivity contribution in [2.45, 2.75) is 26.3 Å². The fourth-order valence-electron chi connectivity index (χ4n) is 2.63. The number of pyridine rings is 1. The molecule has 0 spiro atoms. The second-order valence-corrected chi connectivity index (χ2v) is 7.06. The van der Waals surface area contributed by atoms with E-state index in [9.17, 15) is 14.9 Å². The van der Waals surface area contributed by atoms with Crippen molar-refractivity contribution in [3.8, 4) is 6.07 Å². The van der Waals surface area contributed by atoms with Crippen LogP contribution in [-0.4, -0.2) is 26.7 Å². The quantitative estimate of drug-likeness (QED) is 0.749. The predicted octanol–water partition coefficient (Wildman–Crippen LogP) is 2.99. The molecular weight excluding hydrogens is 342 g/mol. The molecule has 0 aliphatic carbocycles. The van der Waals surface area contributed by atoms with Crippen molar-refractivity contribution in [2.24, 2.45) is 0 Å². The molecule has 2 amide bonds. The van der Waals surface area contributed by atoms with Gasteiger partial charge in [-0.25, -0.2) is 4.98 Å². The van der Waals surface area contributed by atoms with Crippen LogP contribution in [0.15, 0.2) is 48.7 Å². The number of fused-ring (bicyclic) bond motifs is 1. The summed E-state index contributed by atoms with van der Waals surface area (Å²) in [6.07, 6.45) is 1.67. The van der Waals surface area contributed by atoms with E-state index in [4.69, 9.17) is 0 Å². The smallest absolute Gasteiger partial charge is 0.292 e. The molecule has 1 aromatic carbocycles. The lowest BCUT2D eigenvalue weighted by molar-refractivity contribution is 0.0916. The van der Waals surface area contributed by atoms with E-state index >= 15 is 0 Å². The Morgan fingerprint density at radius 1 is 1.07 bits per heavy atom. The number of aromatic nitrogens is 2. The second kappa shape index (κ2) is 6.92. The Morgan fingerprint density at radius 2 is 1.78 bits per heavy atom. The van der Waals surface area contributed by atoms with Crippen LogP contribution in [0.1, 0.15) is 47.4 Å². The average molecular weight is 361 g/mol. The van der Waals surface area contributed by atoms with Crippen molar-refractivity contribution >= 4 is 23.0 Å². The third-order valence-electron chi connectivity index (χ3n) is 3.75. The minimum atomic E-state index is -0.506. The van der Waals surface area contributed by atoms with Crippen LogP contribution in [0.2, 0.25) is 0 Å². The van der Waals surface area contributed by atoms with Crippen LogP contribution in [0.5, 0.6) is 0 Å². The summed E-state index contributed by atoms with van der Waals surface area (Å²) >= 11 is 0. The zero-order chi connectivity index (χ0) is 19.6. The summed E-state index contributed by atoms with van der Waals surface area (Å²) in [6.45, 7) is 5.61. The SMILES string of the molecule is CC(C)(C)NC(=O)c1nc(C(=O)Nc2ccccc2C#N)n2ccccc12. The Morgan fingerprint density at radius 3 is 2.48 bits per heavy atom. The van der Waals surface area contributed by atoms with Crippen molar-refractivity contribution in [1.82, 2.24) is 14.7 Å². The third-order valence-corrected chi connectivity index (χ3v) is 3.75. The number of carbonyl (C=O) groups is 2. The van der Waals surface area contributed by atoms with Crippen molar-refractivity contribution in [2.75, 3.05) is 5.32 Å². The first kappa shape index (κ1) is 18.1. The number of hydrogen-bond donors (Lipinski definition) is 2. The van der Waals surface area contributed by atoms with Crippen LogP contribution in [0, 0.1) is 11.3 Å². The molecule has 0 aliphatic heterocycles. The number of nitriles is 1. The minimum absolute atomic E-state index is 0.0670. The van der Waals surface area contributed by atoms with Gasteiger partial charge >= 0.3 is 0 Å². The van der Waals surface area contributed by atoms with Crippen LogP contribution >= 0.6 is 0 Å². The lowest BCUT2D eigenvalue weighted by Crippen LogP contribution is -2.40. The predicted molar refractivity (Wildman–Crippen MR) is 102 cm³/mol. The molecule has 7 heteroatoms. The molecule has 2 heterocycles. The number of hydrogen-bond acceptors (Lipinski definition) is 4. The molecule has 0 radical (unpaired) electrons. The zero-order valence-corrected chi connectivity index (χ0v) is 15.3. The van der Waals surface area contributed by atoms with Crippen LogP contribution in [-0.2, 0) is 0 Å². The van der Waals surface area contributed by atoms with Gasteiger partial charge in [-0.2, -0.15) is 5.26 Å². The van der Waals surface area contributed by atoms with Gasteiger partial charge < -0.3 is 10.6 Å². The molecule has 0 saturated carbocycles. The Kier molecular flexibility index (Phi) is 4.65. The average Bonchev–Trinajstić information content (AvgIpc) is 3.01. The van der Waals surface area contributed by atoms with Gasteiger partial charge in [-0.05, 0) is 45.0 Å². The number of imidazole rings is 1. The number of rotatable bonds is 3. The van der Waals surface area contributed by atoms with Gasteiger partial charge in [0.25, 0.3) is 11.8 Å². The van der Waals surface area contributed by atoms with E-state index in [0.29, 0.717) is 16.8 Å². The fraction of sp³-hybridized carbons (Fsp3) is 0.200. The maximum atomic E-state index is 12.8. The number of benzene rings is 1. The second-order valence-electron chi connectivity index (χ2n) is 7.06. The topological polar surface area (TPSA) is 99.3 Å². The van der Waals surface area contributed by atoms with E-state index in [1.165, 1.54) is 0 Å². The van der Waals surface area contributed by atoms with E-state index in [0.717, 1.165) is 0 Å². The molecule has 0 bridgehead atoms. The summed E-state index contributed by atoms with van der Waals surface area (Å²) in [6, 6.07) is 14.0. The number of nitrogens with zero attached hydrogens (tertiary/aromatic N) is 3. The van der Waals surface area contributed by atoms with E-state index in [2.05, 4.69) is 15.6 Å². The largest absolute Gasteiger partial charge is 0.346 e. The molecule has 2 N–H and O–H groups in total. The highest BCUT2D eigenvalue weighted by Crippen LogP contribution is 2.18. The first-order chi connectivity index (χ1) is 12.8. The van der Waals surface area contributed by atoms with Gasteiger partial charge in [-0.3, -0.25) is 14.0 Å². The zero-order valence-electron chi connectivity index (χ0n) is 15.3. The standard InChI is InChI=1S/C20H19N5O2/c1-20(2,3)24-18(26)16-15-10-6-7-11-25(15)17(23-16)19(27)22-14-9-5-4-8-13(14)12-21/h4-11H,1-3H3,(H,22,27)(H,24,26). The number of para-hydroxylation sites is 1. The van der Waals surface area contributed by atoms with Gasteiger partial charge in [0.15, 0.2) is 5.69 Å². The first-order valence-electron chi connectivity index (χ1n) is 8.40. The first-order valence-corrected chi connectivity index (χ1v) is 8.40. The van der Waals surface area contributed by atoms with Gasteiger partial charge in [-0.15, -0.1) is 0 Å². The third kappa shape index (κ3) is 3.80. The number of nitrogens with one attached hydrogen (secondary N) is 2. The van der Waals surface area contributed by atoms with Crippen molar-refractivity contribution in [3.63, 3.8) is 0 Å². The molecule has 7 nitrogen and oxygen atoms in total. The lowest BCUT2D eigenvalue weighted by Gasteiger charge is -2.19. The minimum Gasteiger partial charge on any atom is -0.346 e. The monoisotopic (exact) mass is 361 g/mol. The highest BCUT2D eigenvalue weighted by atomic mass is 16.2. The summed E-state index contributed by atoms with van der Waals surface area (Å²) in [5, 5.41) is 14.7. The molecule has 0 aliphatic rings. The van der Waals surface area contributed by atoms with Gasteiger partial charge in [0.1, 0.15) is 6.07 Å². The van der Waals surface area contributed by atoms with Crippen LogP contribution < -0.4 is 10.6 Å². The molecule has 2 aromatic heterocycles. The van der Waals surface area contributed by atoms with Gasteiger partial charge in [0, 0.05) is 11.7 Å². The van der Waals surface area contributed by atoms with Crippen LogP contribution in [0.3, 0.4) is 0 Å². The number of amides is 2. The van der Waals surface area contributed by atoms with Gasteiger partial charge in [-0.1, -0.05) is 18.2 Å². The maximum absolute atomic E-state index is 12.8. The summed E-state index contributed by atoms with van der Waals surface area (Å²) in [5.74, 6) is -0.797. The van der Waals surface area contributed by atoms with Crippen molar-refractivity contribution < 1.29 is 9.59 Å². The fourth-order valence-corrected chi connectivity index (χ4v) is 2.63. The summed E-state index contributed by atoms with van der Waals surface area (Å²) in [7, 11) is 0. The van der Waals surface area contributed by atoms with Gasteiger partial charge in [0.2, 0.25) is 5.82 Å². The Hall–Kier alpha value is -3.66. The van der Waals surface area contributed by atoms with E-state index in [1.54, 1.807) is 53.1 Å². The number of carbonyl (C=O) groups excluding carboxylic acids is 2. The Labute approximate surface area is 156 Å². The normalized spacial score (nSPS) is 11.0. The molecular formula is C20H19N5O2. The van der Waals surface area contributed by atoms with E-state index in [-0.39, 0.29) is 17.4 Å². The Balaban J connectivity index is 2.01. The molecule has 0 atom stereocenters. The van der Waals surface area contributed by atoms with Crippen LogP contribution in [0.25, 0.3) is 5.52 Å². The summed E-state index contributed by atoms with van der Waals surface area (Å²) < 4.78 is 1.56. The molecule has 27 heavy (non-hydrogen) atoms. The van der Waals surface area contributed by atoms with Crippen LogP contribution in [0.4, 0.5) is 5.69 Å². The molecule has 3 aromatic rings. The molecule has 136 valence electrons. The van der Waals surface area contributed by atoms with E-state index in [1.807, 2.05) is 26.8 Å². The van der Waals surface area contributed by atoms with E-state index < -0.39 is 11.4 Å². The lowest BCUT2D eigenvalue weighted by atomic mass is 10.1. The molecule has 0 unspecified atom stereocenters. The van der Waals surface area contributed by atoms with Gasteiger partial charge in [0.05, 0.1) is 16.8 Å². The highest BCUT2D eigenvalue weighted by Gasteiger charge is 2.24. The molecule has 0 saturated heterocycles. The van der Waals surface area contributed by atoms with Crippen molar-refractivity contribution in [3.05, 3.63) is 65.7 Å². The Bertz CT molecular complexity index is 1070. The summed E-state index contributed by atoms with van der Waals surface area (Å²) in [4.78, 5) is 29.7. The molecule has 3 rings (SSSR count). The van der Waals surface area contributed by atoms with Crippen molar-refractivity contribution in [1.29, 1.82) is 5.26 Å². The maximum Gasteiger partial charge on any atom is 0.292 e. The highest BCUT2D eigenvalue weighted by molar-refractivity contribution is 6.06.